The molecule has 0 aliphatic carbocycles. The van der Waals surface area contributed by atoms with E-state index in [1.807, 2.05) is 49.5 Å². The second-order valence-electron chi connectivity index (χ2n) is 18.4. The molecule has 0 spiro atoms. The van der Waals surface area contributed by atoms with Crippen LogP contribution in [0, 0.1) is 17.8 Å². The van der Waals surface area contributed by atoms with Gasteiger partial charge in [-0.15, -0.1) is 0 Å². The van der Waals surface area contributed by atoms with Crippen LogP contribution in [-0.2, 0) is 28.5 Å². The van der Waals surface area contributed by atoms with Crippen molar-refractivity contribution < 1.29 is 79.6 Å². The van der Waals surface area contributed by atoms with Gasteiger partial charge >= 0.3 is 5.97 Å². The van der Waals surface area contributed by atoms with Gasteiger partial charge in [0.1, 0.15) is 18.5 Å². The Morgan fingerprint density at radius 2 is 1.36 bits per heavy atom. The molecule has 0 aromatic heterocycles. The molecular formula is C49H79NO16. The summed E-state index contributed by atoms with van der Waals surface area (Å²) in [4.78, 5) is 25.1. The summed E-state index contributed by atoms with van der Waals surface area (Å²) in [6.07, 6.45) is 6.53. The number of rotatable bonds is 3. The molecule has 0 saturated carbocycles. The van der Waals surface area contributed by atoms with Gasteiger partial charge < -0.3 is 80.5 Å². The van der Waals surface area contributed by atoms with Gasteiger partial charge in [-0.3, -0.25) is 4.79 Å². The number of carbonyl (C=O) groups is 2. The third-order valence-corrected chi connectivity index (χ3v) is 12.7. The molecule has 12 N–H and O–H groups in total. The monoisotopic (exact) mass is 938 g/mol. The van der Waals surface area contributed by atoms with Crippen LogP contribution in [0.4, 0.5) is 0 Å². The molecule has 0 aromatic rings. The van der Waals surface area contributed by atoms with Crippen molar-refractivity contribution in [1.29, 1.82) is 0 Å². The molecule has 19 atom stereocenters. The molecule has 2 bridgehead atoms. The first-order valence-corrected chi connectivity index (χ1v) is 23.5. The highest BCUT2D eigenvalue weighted by atomic mass is 16.7. The summed E-state index contributed by atoms with van der Waals surface area (Å²) in [7, 11) is 0. The molecule has 3 unspecified atom stereocenters. The quantitative estimate of drug-likeness (QED) is 0.109. The van der Waals surface area contributed by atoms with Crippen molar-refractivity contribution in [3.05, 3.63) is 72.9 Å². The summed E-state index contributed by atoms with van der Waals surface area (Å²) in [5, 5.41) is 109. The fourth-order valence-corrected chi connectivity index (χ4v) is 8.27. The Labute approximate surface area is 389 Å². The Morgan fingerprint density at radius 1 is 0.697 bits per heavy atom. The van der Waals surface area contributed by atoms with Crippen LogP contribution < -0.4 is 5.73 Å². The molecule has 376 valence electrons. The third-order valence-electron chi connectivity index (χ3n) is 12.7. The van der Waals surface area contributed by atoms with Gasteiger partial charge in [0, 0.05) is 31.1 Å². The second-order valence-corrected chi connectivity index (χ2v) is 18.4. The Balaban J connectivity index is 1.82. The van der Waals surface area contributed by atoms with E-state index in [2.05, 4.69) is 6.08 Å². The lowest BCUT2D eigenvalue weighted by Crippen LogP contribution is -2.61. The summed E-state index contributed by atoms with van der Waals surface area (Å²) >= 11 is 0. The van der Waals surface area contributed by atoms with E-state index in [0.717, 1.165) is 12.8 Å². The summed E-state index contributed by atoms with van der Waals surface area (Å²) < 4.78 is 23.5. The Morgan fingerprint density at radius 3 is 2.09 bits per heavy atom. The lowest BCUT2D eigenvalue weighted by atomic mass is 9.89. The summed E-state index contributed by atoms with van der Waals surface area (Å²) in [5.74, 6) is -4.69. The van der Waals surface area contributed by atoms with E-state index in [1.165, 1.54) is 0 Å². The Hall–Kier alpha value is -2.98. The molecule has 3 aliphatic heterocycles. The molecule has 3 aliphatic rings. The van der Waals surface area contributed by atoms with Gasteiger partial charge in [0.15, 0.2) is 12.1 Å². The fraction of sp³-hybridized carbons (Fsp3) is 0.714. The van der Waals surface area contributed by atoms with Crippen LogP contribution in [0.15, 0.2) is 72.9 Å². The van der Waals surface area contributed by atoms with Crippen LogP contribution in [0.2, 0.25) is 0 Å². The molecule has 2 fully saturated rings. The average molecular weight is 938 g/mol. The van der Waals surface area contributed by atoms with Crippen LogP contribution in [0.1, 0.15) is 105 Å². The average Bonchev–Trinajstić information content (AvgIpc) is 3.37. The van der Waals surface area contributed by atoms with Gasteiger partial charge in [-0.2, -0.15) is 0 Å². The van der Waals surface area contributed by atoms with Crippen LogP contribution in [0.3, 0.4) is 0 Å². The van der Waals surface area contributed by atoms with Crippen molar-refractivity contribution in [2.45, 2.75) is 202 Å². The third kappa shape index (κ3) is 19.6. The molecule has 2 saturated heterocycles. The van der Waals surface area contributed by atoms with Gasteiger partial charge in [0.25, 0.3) is 0 Å². The normalized spacial score (nSPS) is 42.2. The predicted octanol–water partition coefficient (Wildman–Crippen LogP) is 1.83. The lowest BCUT2D eigenvalue weighted by Gasteiger charge is -2.41. The van der Waals surface area contributed by atoms with E-state index >= 15 is 0 Å². The first-order valence-electron chi connectivity index (χ1n) is 23.5. The minimum absolute atomic E-state index is 0.0933. The molecular weight excluding hydrogens is 859 g/mol. The molecule has 0 amide bonds. The largest absolute Gasteiger partial charge is 0.462 e. The van der Waals surface area contributed by atoms with Gasteiger partial charge in [0.05, 0.1) is 85.5 Å². The zero-order valence-electron chi connectivity index (χ0n) is 38.9. The summed E-state index contributed by atoms with van der Waals surface area (Å²) in [6, 6.07) is -1.10. The molecule has 66 heavy (non-hydrogen) atoms. The zero-order valence-corrected chi connectivity index (χ0v) is 38.9. The number of hydrogen-bond acceptors (Lipinski definition) is 17. The SMILES string of the molecule is C[C@@H]1OC(O[C@H]2C=CC=CC=CCC=CCCC=CC=C[C@H](C)C(O)[C@@H](C)[C@H](C)OC(=O)C[C@H](O)C[C@H](O)C[C@H](O)CC[C@@H](O)[C@H](O)CC3(O)CC[C@H](O)[C@@H](C=O)[C@H](C2)O3)[C@H](O)[C@H](N)[C@H]1O. The topological polar surface area (TPSA) is 299 Å². The number of aldehydes is 1. The van der Waals surface area contributed by atoms with Gasteiger partial charge in [-0.1, -0.05) is 86.8 Å². The van der Waals surface area contributed by atoms with Crippen LogP contribution in [0.5, 0.6) is 0 Å². The second kappa shape index (κ2) is 29.1. The molecule has 3 rings (SSSR count). The number of aliphatic hydroxyl groups is 10. The van der Waals surface area contributed by atoms with Gasteiger partial charge in [-0.05, 0) is 65.2 Å². The maximum absolute atomic E-state index is 12.7. The number of hydrogen-bond donors (Lipinski definition) is 11. The van der Waals surface area contributed by atoms with E-state index in [-0.39, 0.29) is 50.9 Å². The highest BCUT2D eigenvalue weighted by molar-refractivity contribution is 5.70. The van der Waals surface area contributed by atoms with E-state index in [0.29, 0.717) is 12.7 Å². The molecule has 3 heterocycles. The van der Waals surface area contributed by atoms with E-state index in [9.17, 15) is 60.7 Å². The van der Waals surface area contributed by atoms with Crippen LogP contribution in [-0.4, -0.2) is 161 Å². The van der Waals surface area contributed by atoms with Crippen molar-refractivity contribution in [1.82, 2.24) is 0 Å². The number of nitrogens with two attached hydrogens (primary N) is 1. The molecule has 0 radical (unpaired) electrons. The number of esters is 1. The van der Waals surface area contributed by atoms with E-state index < -0.39 is 128 Å². The summed E-state index contributed by atoms with van der Waals surface area (Å²) in [6.45, 7) is 6.86. The first-order chi connectivity index (χ1) is 31.2. The van der Waals surface area contributed by atoms with Crippen molar-refractivity contribution in [3.63, 3.8) is 0 Å². The molecule has 17 nitrogen and oxygen atoms in total. The minimum atomic E-state index is -2.15. The van der Waals surface area contributed by atoms with E-state index in [4.69, 9.17) is 24.7 Å². The highest BCUT2D eigenvalue weighted by Crippen LogP contribution is 2.36. The standard InChI is InChI=1S/C49H79NO16/c1-30-18-16-14-12-10-8-6-5-7-9-11-13-15-17-19-37(65-48-47(61)44(50)46(60)33(4)64-48)27-42-38(29-51)39(55)22-23-49(62,66-42)28-41(57)40(56)21-20-34(52)24-35(53)25-36(54)26-43(58)63-32(3)31(2)45(30)59/h5-6,9,11-19,29-42,44-48,52-57,59-62H,7-8,10,20-28,50H2,1-4H3/t30-,31-,32-,33-,34+,35+,36+,37-,38+,39-,40+,41+,42-,44+,45?,46-,47+,48?,49?/m0/s1. The summed E-state index contributed by atoms with van der Waals surface area (Å²) in [5.41, 5.74) is 6.06. The predicted molar refractivity (Wildman–Crippen MR) is 245 cm³/mol. The van der Waals surface area contributed by atoms with Crippen LogP contribution >= 0.6 is 0 Å². The number of allylic oxidation sites excluding steroid dienone is 10. The fourth-order valence-electron chi connectivity index (χ4n) is 8.27. The van der Waals surface area contributed by atoms with E-state index in [1.54, 1.807) is 45.1 Å². The van der Waals surface area contributed by atoms with Gasteiger partial charge in [0.2, 0.25) is 0 Å². The van der Waals surface area contributed by atoms with Crippen LogP contribution in [0.25, 0.3) is 0 Å². The first kappa shape index (κ1) is 57.3. The van der Waals surface area contributed by atoms with Crippen molar-refractivity contribution in [2.75, 3.05) is 0 Å². The lowest BCUT2D eigenvalue weighted by molar-refractivity contribution is -0.285. The maximum atomic E-state index is 12.7. The maximum Gasteiger partial charge on any atom is 0.308 e. The molecule has 0 aromatic carbocycles. The highest BCUT2D eigenvalue weighted by Gasteiger charge is 2.46. The number of carbonyl (C=O) groups excluding carboxylic acids is 2. The number of aliphatic hydroxyl groups excluding tert-OH is 9. The van der Waals surface area contributed by atoms with Crippen molar-refractivity contribution in [3.8, 4) is 0 Å². The Kier molecular flexibility index (Phi) is 25.3. The van der Waals surface area contributed by atoms with Gasteiger partial charge in [-0.25, -0.2) is 0 Å². The number of cyclic esters (lactones) is 1. The zero-order chi connectivity index (χ0) is 49.0. The minimum Gasteiger partial charge on any atom is -0.462 e. The van der Waals surface area contributed by atoms with Crippen molar-refractivity contribution >= 4 is 12.3 Å². The number of ether oxygens (including phenoxy) is 4. The Bertz CT molecular complexity index is 1600. The van der Waals surface area contributed by atoms with Crippen molar-refractivity contribution in [2.24, 2.45) is 23.5 Å². The smallest absolute Gasteiger partial charge is 0.308 e. The number of fused-ring (bicyclic) bond motifs is 2. The molecule has 17 heteroatoms.